The molecule has 2 N–H and O–H groups in total. The lowest BCUT2D eigenvalue weighted by molar-refractivity contribution is -0.151. The molecule has 0 spiro atoms. The SMILES string of the molecule is CCC1CCCC(OC(=O)CCC(CCN)C(C)(C)C)C1. The summed E-state index contributed by atoms with van der Waals surface area (Å²) in [7, 11) is 0. The lowest BCUT2D eigenvalue weighted by atomic mass is 9.76. The highest BCUT2D eigenvalue weighted by molar-refractivity contribution is 5.69. The van der Waals surface area contributed by atoms with Gasteiger partial charge >= 0.3 is 5.97 Å². The van der Waals surface area contributed by atoms with Gasteiger partial charge in [-0.3, -0.25) is 4.79 Å². The number of hydrogen-bond acceptors (Lipinski definition) is 3. The minimum atomic E-state index is -0.0111. The monoisotopic (exact) mass is 297 g/mol. The molecule has 1 aliphatic carbocycles. The maximum Gasteiger partial charge on any atom is 0.306 e. The molecule has 0 aliphatic heterocycles. The van der Waals surface area contributed by atoms with Crippen LogP contribution >= 0.6 is 0 Å². The van der Waals surface area contributed by atoms with Crippen LogP contribution in [0.4, 0.5) is 0 Å². The molecule has 1 fully saturated rings. The molecule has 0 saturated heterocycles. The van der Waals surface area contributed by atoms with E-state index in [1.165, 1.54) is 19.3 Å². The van der Waals surface area contributed by atoms with Gasteiger partial charge in [0.2, 0.25) is 0 Å². The standard InChI is InChI=1S/C18H35NO2/c1-5-14-7-6-8-16(13-14)21-17(20)10-9-15(11-12-19)18(2,3)4/h14-16H,5-13,19H2,1-4H3. The van der Waals surface area contributed by atoms with Crippen molar-refractivity contribution >= 4 is 5.97 Å². The Morgan fingerprint density at radius 1 is 1.29 bits per heavy atom. The lowest BCUT2D eigenvalue weighted by Crippen LogP contribution is -2.27. The Labute approximate surface area is 131 Å². The van der Waals surface area contributed by atoms with Gasteiger partial charge in [-0.2, -0.15) is 0 Å². The predicted octanol–water partition coefficient (Wildman–Crippen LogP) is 4.29. The first-order chi connectivity index (χ1) is 9.86. The molecule has 0 bridgehead atoms. The second-order valence-corrected chi connectivity index (χ2v) is 7.73. The third-order valence-corrected chi connectivity index (χ3v) is 5.05. The fraction of sp³-hybridized carbons (Fsp3) is 0.944. The van der Waals surface area contributed by atoms with E-state index in [1.54, 1.807) is 0 Å². The highest BCUT2D eigenvalue weighted by atomic mass is 16.5. The smallest absolute Gasteiger partial charge is 0.306 e. The molecule has 3 unspecified atom stereocenters. The molecule has 0 radical (unpaired) electrons. The molecule has 0 heterocycles. The van der Waals surface area contributed by atoms with E-state index < -0.39 is 0 Å². The maximum atomic E-state index is 12.1. The van der Waals surface area contributed by atoms with E-state index in [4.69, 9.17) is 10.5 Å². The summed E-state index contributed by atoms with van der Waals surface area (Å²) >= 11 is 0. The Morgan fingerprint density at radius 2 is 2.00 bits per heavy atom. The molecule has 0 amide bonds. The van der Waals surface area contributed by atoms with Crippen LogP contribution in [0.3, 0.4) is 0 Å². The van der Waals surface area contributed by atoms with E-state index in [0.29, 0.717) is 18.9 Å². The minimum absolute atomic E-state index is 0.0111. The van der Waals surface area contributed by atoms with Crippen LogP contribution in [0.25, 0.3) is 0 Å². The van der Waals surface area contributed by atoms with Crippen LogP contribution < -0.4 is 5.73 Å². The zero-order valence-corrected chi connectivity index (χ0v) is 14.5. The first kappa shape index (κ1) is 18.5. The normalized spacial score (nSPS) is 24.6. The zero-order valence-electron chi connectivity index (χ0n) is 14.5. The molecule has 1 aliphatic rings. The van der Waals surface area contributed by atoms with E-state index in [0.717, 1.165) is 31.6 Å². The number of carbonyl (C=O) groups excluding carboxylic acids is 1. The Morgan fingerprint density at radius 3 is 2.57 bits per heavy atom. The Kier molecular flexibility index (Phi) is 7.72. The van der Waals surface area contributed by atoms with Gasteiger partial charge < -0.3 is 10.5 Å². The van der Waals surface area contributed by atoms with Gasteiger partial charge in [-0.1, -0.05) is 40.5 Å². The van der Waals surface area contributed by atoms with Crippen LogP contribution in [0.2, 0.25) is 0 Å². The topological polar surface area (TPSA) is 52.3 Å². The van der Waals surface area contributed by atoms with Gasteiger partial charge in [0.25, 0.3) is 0 Å². The Balaban J connectivity index is 2.35. The van der Waals surface area contributed by atoms with Crippen molar-refractivity contribution in [3.8, 4) is 0 Å². The number of rotatable bonds is 7. The van der Waals surface area contributed by atoms with Crippen molar-refractivity contribution in [3.05, 3.63) is 0 Å². The third kappa shape index (κ3) is 6.82. The fourth-order valence-electron chi connectivity index (χ4n) is 3.47. The van der Waals surface area contributed by atoms with Gasteiger partial charge in [0.1, 0.15) is 6.10 Å². The number of esters is 1. The molecule has 124 valence electrons. The van der Waals surface area contributed by atoms with Crippen LogP contribution in [-0.4, -0.2) is 18.6 Å². The van der Waals surface area contributed by atoms with Crippen LogP contribution in [0.15, 0.2) is 0 Å². The van der Waals surface area contributed by atoms with Crippen molar-refractivity contribution in [1.82, 2.24) is 0 Å². The van der Waals surface area contributed by atoms with E-state index in [-0.39, 0.29) is 17.5 Å². The summed E-state index contributed by atoms with van der Waals surface area (Å²) in [6, 6.07) is 0. The maximum absolute atomic E-state index is 12.1. The highest BCUT2D eigenvalue weighted by Gasteiger charge is 2.27. The van der Waals surface area contributed by atoms with Crippen LogP contribution in [0, 0.1) is 17.3 Å². The molecule has 3 atom stereocenters. The molecule has 0 aromatic heterocycles. The van der Waals surface area contributed by atoms with Gasteiger partial charge in [-0.15, -0.1) is 0 Å². The Hall–Kier alpha value is -0.570. The molecule has 0 aromatic rings. The van der Waals surface area contributed by atoms with Crippen LogP contribution in [0.5, 0.6) is 0 Å². The number of ether oxygens (including phenoxy) is 1. The van der Waals surface area contributed by atoms with Crippen molar-refractivity contribution in [2.75, 3.05) is 6.54 Å². The van der Waals surface area contributed by atoms with Crippen molar-refractivity contribution in [2.24, 2.45) is 23.0 Å². The fourth-order valence-corrected chi connectivity index (χ4v) is 3.47. The summed E-state index contributed by atoms with van der Waals surface area (Å²) in [6.07, 6.45) is 8.40. The van der Waals surface area contributed by atoms with Crippen molar-refractivity contribution in [2.45, 2.75) is 85.2 Å². The molecule has 21 heavy (non-hydrogen) atoms. The van der Waals surface area contributed by atoms with E-state index in [1.807, 2.05) is 0 Å². The summed E-state index contributed by atoms with van der Waals surface area (Å²) in [5.41, 5.74) is 5.90. The van der Waals surface area contributed by atoms with E-state index in [9.17, 15) is 4.79 Å². The summed E-state index contributed by atoms with van der Waals surface area (Å²) in [4.78, 5) is 12.1. The summed E-state index contributed by atoms with van der Waals surface area (Å²) in [6.45, 7) is 9.61. The molecule has 1 saturated carbocycles. The number of hydrogen-bond donors (Lipinski definition) is 1. The average Bonchev–Trinajstić information content (AvgIpc) is 2.42. The van der Waals surface area contributed by atoms with Crippen molar-refractivity contribution in [3.63, 3.8) is 0 Å². The third-order valence-electron chi connectivity index (χ3n) is 5.05. The predicted molar refractivity (Wildman–Crippen MR) is 88.0 cm³/mol. The zero-order chi connectivity index (χ0) is 15.9. The highest BCUT2D eigenvalue weighted by Crippen LogP contribution is 2.33. The van der Waals surface area contributed by atoms with Crippen molar-refractivity contribution in [1.29, 1.82) is 0 Å². The molecule has 3 heteroatoms. The summed E-state index contributed by atoms with van der Waals surface area (Å²) < 4.78 is 5.69. The van der Waals surface area contributed by atoms with Gasteiger partial charge in [-0.25, -0.2) is 0 Å². The quantitative estimate of drug-likeness (QED) is 0.713. The Bertz CT molecular complexity index is 309. The second kappa shape index (κ2) is 8.77. The lowest BCUT2D eigenvalue weighted by Gasteiger charge is -2.31. The van der Waals surface area contributed by atoms with E-state index >= 15 is 0 Å². The largest absolute Gasteiger partial charge is 0.462 e. The minimum Gasteiger partial charge on any atom is -0.462 e. The van der Waals surface area contributed by atoms with Gasteiger partial charge in [0.05, 0.1) is 0 Å². The first-order valence-electron chi connectivity index (χ1n) is 8.76. The molecule has 3 nitrogen and oxygen atoms in total. The summed E-state index contributed by atoms with van der Waals surface area (Å²) in [5, 5.41) is 0. The number of nitrogens with two attached hydrogens (primary N) is 1. The first-order valence-corrected chi connectivity index (χ1v) is 8.76. The molecular formula is C18H35NO2. The van der Waals surface area contributed by atoms with Crippen LogP contribution in [-0.2, 0) is 9.53 Å². The molecule has 1 rings (SSSR count). The summed E-state index contributed by atoms with van der Waals surface area (Å²) in [5.74, 6) is 1.23. The molecular weight excluding hydrogens is 262 g/mol. The van der Waals surface area contributed by atoms with Gasteiger partial charge in [-0.05, 0) is 55.9 Å². The van der Waals surface area contributed by atoms with Crippen molar-refractivity contribution < 1.29 is 9.53 Å². The van der Waals surface area contributed by atoms with E-state index in [2.05, 4.69) is 27.7 Å². The number of carbonyl (C=O) groups is 1. The second-order valence-electron chi connectivity index (χ2n) is 7.73. The average molecular weight is 297 g/mol. The van der Waals surface area contributed by atoms with Gasteiger partial charge in [0.15, 0.2) is 0 Å². The van der Waals surface area contributed by atoms with Crippen LogP contribution in [0.1, 0.15) is 79.1 Å². The van der Waals surface area contributed by atoms with Gasteiger partial charge in [0, 0.05) is 6.42 Å². The molecule has 0 aromatic carbocycles.